The largest absolute Gasteiger partial charge is 0.478 e. The second-order valence-electron chi connectivity index (χ2n) is 5.42. The van der Waals surface area contributed by atoms with E-state index in [1.165, 1.54) is 18.2 Å². The van der Waals surface area contributed by atoms with E-state index in [-0.39, 0.29) is 16.5 Å². The normalized spacial score (nSPS) is 12.8. The van der Waals surface area contributed by atoms with Gasteiger partial charge in [0.15, 0.2) is 0 Å². The van der Waals surface area contributed by atoms with Gasteiger partial charge < -0.3 is 15.2 Å². The van der Waals surface area contributed by atoms with Crippen LogP contribution in [0.2, 0.25) is 0 Å². The van der Waals surface area contributed by atoms with Gasteiger partial charge in [0, 0.05) is 31.5 Å². The summed E-state index contributed by atoms with van der Waals surface area (Å²) in [5.74, 6) is -1.18. The molecule has 7 nitrogen and oxygen atoms in total. The molecule has 0 unspecified atom stereocenters. The fraction of sp³-hybridized carbons (Fsp3) is 0.562. The Morgan fingerprint density at radius 2 is 2.04 bits per heavy atom. The molecule has 1 atom stereocenters. The van der Waals surface area contributed by atoms with E-state index < -0.39 is 16.0 Å². The van der Waals surface area contributed by atoms with Gasteiger partial charge in [-0.25, -0.2) is 17.9 Å². The molecule has 136 valence electrons. The van der Waals surface area contributed by atoms with Crippen molar-refractivity contribution in [1.82, 2.24) is 4.72 Å². The first-order chi connectivity index (χ1) is 11.3. The van der Waals surface area contributed by atoms with Gasteiger partial charge in [-0.2, -0.15) is 0 Å². The van der Waals surface area contributed by atoms with Crippen LogP contribution in [0.1, 0.15) is 44.0 Å². The van der Waals surface area contributed by atoms with Gasteiger partial charge in [0.1, 0.15) is 0 Å². The molecule has 0 saturated heterocycles. The number of anilines is 1. The van der Waals surface area contributed by atoms with Crippen molar-refractivity contribution < 1.29 is 23.1 Å². The lowest BCUT2D eigenvalue weighted by atomic mass is 10.2. The van der Waals surface area contributed by atoms with Crippen molar-refractivity contribution >= 4 is 21.7 Å². The molecule has 3 N–H and O–H groups in total. The van der Waals surface area contributed by atoms with Crippen LogP contribution in [-0.2, 0) is 14.8 Å². The maximum absolute atomic E-state index is 12.3. The molecule has 0 fully saturated rings. The lowest BCUT2D eigenvalue weighted by Crippen LogP contribution is -2.32. The van der Waals surface area contributed by atoms with E-state index >= 15 is 0 Å². The first-order valence-electron chi connectivity index (χ1n) is 8.03. The predicted molar refractivity (Wildman–Crippen MR) is 93.1 cm³/mol. The van der Waals surface area contributed by atoms with E-state index in [1.54, 1.807) is 6.92 Å². The van der Waals surface area contributed by atoms with E-state index in [0.717, 1.165) is 6.42 Å². The lowest BCUT2D eigenvalue weighted by Gasteiger charge is -2.14. The molecule has 0 bridgehead atoms. The second-order valence-corrected chi connectivity index (χ2v) is 7.13. The Bertz CT molecular complexity index is 646. The van der Waals surface area contributed by atoms with Crippen molar-refractivity contribution in [3.05, 3.63) is 23.8 Å². The summed E-state index contributed by atoms with van der Waals surface area (Å²) in [6.07, 6.45) is 1.37. The van der Waals surface area contributed by atoms with Crippen molar-refractivity contribution in [1.29, 1.82) is 0 Å². The topological polar surface area (TPSA) is 105 Å². The highest BCUT2D eigenvalue weighted by Crippen LogP contribution is 2.21. The number of ether oxygens (including phenoxy) is 1. The number of hydrogen-bond donors (Lipinski definition) is 3. The Kier molecular flexibility index (Phi) is 8.17. The third kappa shape index (κ3) is 6.10. The molecule has 0 heterocycles. The highest BCUT2D eigenvalue weighted by Gasteiger charge is 2.20. The summed E-state index contributed by atoms with van der Waals surface area (Å²) >= 11 is 0. The van der Waals surface area contributed by atoms with Crippen molar-refractivity contribution in [2.24, 2.45) is 0 Å². The number of carbonyl (C=O) groups is 1. The smallest absolute Gasteiger partial charge is 0.337 e. The van der Waals surface area contributed by atoms with E-state index in [2.05, 4.69) is 10.0 Å². The zero-order valence-corrected chi connectivity index (χ0v) is 15.1. The number of carboxylic acid groups (broad SMARTS) is 1. The number of aromatic carboxylic acids is 1. The lowest BCUT2D eigenvalue weighted by molar-refractivity contribution is 0.0697. The fourth-order valence-corrected chi connectivity index (χ4v) is 3.33. The first kappa shape index (κ1) is 20.4. The molecule has 0 aliphatic rings. The standard InChI is InChI=1S/C16H26N2O5S/c1-4-12(3)18-24(21,22)13-7-8-15(14(11-13)16(19)20)17-9-6-10-23-5-2/h7-8,11-12,17-18H,4-6,9-10H2,1-3H3,(H,19,20)/t12-/m1/s1. The zero-order valence-electron chi connectivity index (χ0n) is 14.3. The Balaban J connectivity index is 2.92. The Morgan fingerprint density at radius 3 is 2.62 bits per heavy atom. The molecule has 1 rings (SSSR count). The van der Waals surface area contributed by atoms with Crippen molar-refractivity contribution in [3.63, 3.8) is 0 Å². The minimum Gasteiger partial charge on any atom is -0.478 e. The van der Waals surface area contributed by atoms with Crippen LogP contribution in [-0.4, -0.2) is 45.3 Å². The minimum atomic E-state index is -3.74. The molecule has 0 spiro atoms. The molecular weight excluding hydrogens is 332 g/mol. The quantitative estimate of drug-likeness (QED) is 0.524. The SMILES string of the molecule is CCOCCCNc1ccc(S(=O)(=O)N[C@H](C)CC)cc1C(=O)O. The molecular formula is C16H26N2O5S. The fourth-order valence-electron chi connectivity index (χ4n) is 1.98. The number of nitrogens with one attached hydrogen (secondary N) is 2. The summed E-state index contributed by atoms with van der Waals surface area (Å²) in [7, 11) is -3.74. The van der Waals surface area contributed by atoms with Gasteiger partial charge in [-0.15, -0.1) is 0 Å². The van der Waals surface area contributed by atoms with Crippen molar-refractivity contribution in [2.75, 3.05) is 25.1 Å². The highest BCUT2D eigenvalue weighted by molar-refractivity contribution is 7.89. The molecule has 1 aromatic carbocycles. The van der Waals surface area contributed by atoms with Gasteiger partial charge >= 0.3 is 5.97 Å². The minimum absolute atomic E-state index is 0.0555. The van der Waals surface area contributed by atoms with Gasteiger partial charge in [-0.05, 0) is 44.9 Å². The average Bonchev–Trinajstić information content (AvgIpc) is 2.54. The number of benzene rings is 1. The van der Waals surface area contributed by atoms with Gasteiger partial charge in [0.05, 0.1) is 10.5 Å². The number of sulfonamides is 1. The van der Waals surface area contributed by atoms with Crippen LogP contribution in [0, 0.1) is 0 Å². The molecule has 0 aliphatic heterocycles. The number of rotatable bonds is 11. The molecule has 0 aromatic heterocycles. The van der Waals surface area contributed by atoms with Crippen LogP contribution in [0.3, 0.4) is 0 Å². The third-order valence-electron chi connectivity index (χ3n) is 3.49. The second kappa shape index (κ2) is 9.61. The van der Waals surface area contributed by atoms with Crippen molar-refractivity contribution in [3.8, 4) is 0 Å². The molecule has 1 aromatic rings. The van der Waals surface area contributed by atoms with E-state index in [9.17, 15) is 18.3 Å². The van der Waals surface area contributed by atoms with Crippen molar-refractivity contribution in [2.45, 2.75) is 44.6 Å². The molecule has 0 aliphatic carbocycles. The predicted octanol–water partition coefficient (Wildman–Crippen LogP) is 2.30. The van der Waals surface area contributed by atoms with Crippen LogP contribution < -0.4 is 10.0 Å². The van der Waals surface area contributed by atoms with Crippen LogP contribution in [0.25, 0.3) is 0 Å². The molecule has 8 heteroatoms. The highest BCUT2D eigenvalue weighted by atomic mass is 32.2. The zero-order chi connectivity index (χ0) is 18.2. The Morgan fingerprint density at radius 1 is 1.33 bits per heavy atom. The van der Waals surface area contributed by atoms with Crippen LogP contribution in [0.4, 0.5) is 5.69 Å². The molecule has 24 heavy (non-hydrogen) atoms. The van der Waals surface area contributed by atoms with Gasteiger partial charge in [0.2, 0.25) is 10.0 Å². The summed E-state index contributed by atoms with van der Waals surface area (Å²) in [4.78, 5) is 11.4. The van der Waals surface area contributed by atoms with E-state index in [0.29, 0.717) is 31.9 Å². The number of carboxylic acids is 1. The van der Waals surface area contributed by atoms with E-state index in [4.69, 9.17) is 4.74 Å². The summed E-state index contributed by atoms with van der Waals surface area (Å²) in [6.45, 7) is 7.28. The van der Waals surface area contributed by atoms with Crippen LogP contribution in [0.5, 0.6) is 0 Å². The Hall–Kier alpha value is -1.64. The monoisotopic (exact) mass is 358 g/mol. The number of hydrogen-bond acceptors (Lipinski definition) is 5. The van der Waals surface area contributed by atoms with E-state index in [1.807, 2.05) is 13.8 Å². The van der Waals surface area contributed by atoms with Gasteiger partial charge in [-0.1, -0.05) is 6.92 Å². The molecule has 0 saturated carbocycles. The van der Waals surface area contributed by atoms with Crippen LogP contribution >= 0.6 is 0 Å². The maximum atomic E-state index is 12.3. The Labute approximate surface area is 143 Å². The third-order valence-corrected chi connectivity index (χ3v) is 5.07. The molecule has 0 amide bonds. The summed E-state index contributed by atoms with van der Waals surface area (Å²) < 4.78 is 32.3. The molecule has 0 radical (unpaired) electrons. The first-order valence-corrected chi connectivity index (χ1v) is 9.51. The van der Waals surface area contributed by atoms with Crippen LogP contribution in [0.15, 0.2) is 23.1 Å². The summed E-state index contributed by atoms with van der Waals surface area (Å²) in [6, 6.07) is 3.84. The van der Waals surface area contributed by atoms with Gasteiger partial charge in [0.25, 0.3) is 0 Å². The maximum Gasteiger partial charge on any atom is 0.337 e. The summed E-state index contributed by atoms with van der Waals surface area (Å²) in [5, 5.41) is 12.4. The summed E-state index contributed by atoms with van der Waals surface area (Å²) in [5.41, 5.74) is 0.319. The van der Waals surface area contributed by atoms with Gasteiger partial charge in [-0.3, -0.25) is 0 Å². The average molecular weight is 358 g/mol.